The van der Waals surface area contributed by atoms with Gasteiger partial charge in [0.1, 0.15) is 0 Å². The maximum Gasteiger partial charge on any atom is 0.189 e. The molecule has 1 aromatic rings. The molecule has 1 atom stereocenters. The molecule has 0 spiro atoms. The maximum atomic E-state index is 9.75. The first-order valence-electron chi connectivity index (χ1n) is 5.72. The molecule has 0 saturated carbocycles. The van der Waals surface area contributed by atoms with Crippen LogP contribution >= 0.6 is 0 Å². The van der Waals surface area contributed by atoms with Gasteiger partial charge in [0, 0.05) is 0 Å². The zero-order valence-corrected chi connectivity index (χ0v) is 10.6. The lowest BCUT2D eigenvalue weighted by molar-refractivity contribution is 0.0511. The minimum Gasteiger partial charge on any atom is -0.388 e. The van der Waals surface area contributed by atoms with Gasteiger partial charge in [0.25, 0.3) is 0 Å². The van der Waals surface area contributed by atoms with Crippen molar-refractivity contribution in [3.05, 3.63) is 35.9 Å². The average molecular weight is 235 g/mol. The van der Waals surface area contributed by atoms with Gasteiger partial charge in [-0.3, -0.25) is 0 Å². The summed E-state index contributed by atoms with van der Waals surface area (Å²) in [7, 11) is 0. The first-order valence-corrected chi connectivity index (χ1v) is 5.72. The van der Waals surface area contributed by atoms with Gasteiger partial charge in [-0.1, -0.05) is 30.3 Å². The Bertz CT molecular complexity index is 368. The summed E-state index contributed by atoms with van der Waals surface area (Å²) in [6.07, 6.45) is 0. The highest BCUT2D eigenvalue weighted by Crippen LogP contribution is 2.07. The third-order valence-corrected chi connectivity index (χ3v) is 2.70. The van der Waals surface area contributed by atoms with Crippen LogP contribution in [0.25, 0.3) is 0 Å². The standard InChI is InChI=1S/C13H21N3O/c1-10(13(2,3)17)16-12(14)15-9-11-7-5-4-6-8-11/h4-8,10,17H,9H2,1-3H3,(H3,14,15,16). The molecule has 0 aliphatic carbocycles. The van der Waals surface area contributed by atoms with Crippen molar-refractivity contribution in [1.82, 2.24) is 5.32 Å². The summed E-state index contributed by atoms with van der Waals surface area (Å²) >= 11 is 0. The number of rotatable bonds is 4. The van der Waals surface area contributed by atoms with Gasteiger partial charge >= 0.3 is 0 Å². The van der Waals surface area contributed by atoms with Crippen LogP contribution in [0.3, 0.4) is 0 Å². The number of nitrogens with one attached hydrogen (secondary N) is 1. The second kappa shape index (κ2) is 5.68. The predicted molar refractivity (Wildman–Crippen MR) is 70.7 cm³/mol. The maximum absolute atomic E-state index is 9.75. The van der Waals surface area contributed by atoms with Crippen LogP contribution in [0.5, 0.6) is 0 Å². The Balaban J connectivity index is 2.51. The summed E-state index contributed by atoms with van der Waals surface area (Å²) in [6, 6.07) is 9.74. The molecule has 0 aliphatic heterocycles. The van der Waals surface area contributed by atoms with E-state index in [2.05, 4.69) is 10.3 Å². The monoisotopic (exact) mass is 235 g/mol. The molecule has 0 amide bonds. The number of benzene rings is 1. The van der Waals surface area contributed by atoms with Gasteiger partial charge in [-0.2, -0.15) is 0 Å². The zero-order valence-electron chi connectivity index (χ0n) is 10.6. The molecule has 1 aromatic carbocycles. The van der Waals surface area contributed by atoms with Crippen molar-refractivity contribution < 1.29 is 5.11 Å². The number of aliphatic hydroxyl groups is 1. The molecule has 0 saturated heterocycles. The molecule has 0 aromatic heterocycles. The van der Waals surface area contributed by atoms with E-state index in [-0.39, 0.29) is 6.04 Å². The lowest BCUT2D eigenvalue weighted by atomic mass is 10.0. The number of nitrogens with two attached hydrogens (primary N) is 1. The first-order chi connectivity index (χ1) is 7.89. The van der Waals surface area contributed by atoms with Crippen LogP contribution < -0.4 is 11.1 Å². The van der Waals surface area contributed by atoms with E-state index in [1.54, 1.807) is 13.8 Å². The van der Waals surface area contributed by atoms with E-state index < -0.39 is 5.60 Å². The van der Waals surface area contributed by atoms with E-state index in [1.165, 1.54) is 0 Å². The summed E-state index contributed by atoms with van der Waals surface area (Å²) in [4.78, 5) is 4.22. The van der Waals surface area contributed by atoms with E-state index in [4.69, 9.17) is 5.73 Å². The van der Waals surface area contributed by atoms with Gasteiger partial charge < -0.3 is 16.2 Å². The predicted octanol–water partition coefficient (Wildman–Crippen LogP) is 1.25. The van der Waals surface area contributed by atoms with Crippen LogP contribution in [0.2, 0.25) is 0 Å². The molecule has 1 unspecified atom stereocenters. The third kappa shape index (κ3) is 4.87. The van der Waals surface area contributed by atoms with E-state index in [0.29, 0.717) is 12.5 Å². The Hall–Kier alpha value is -1.55. The van der Waals surface area contributed by atoms with Gasteiger partial charge in [0.2, 0.25) is 0 Å². The minimum absolute atomic E-state index is 0.151. The Morgan fingerprint density at radius 2 is 2.00 bits per heavy atom. The second-order valence-electron chi connectivity index (χ2n) is 4.71. The Morgan fingerprint density at radius 3 is 2.53 bits per heavy atom. The number of guanidine groups is 1. The third-order valence-electron chi connectivity index (χ3n) is 2.70. The summed E-state index contributed by atoms with van der Waals surface area (Å²) in [6.45, 7) is 5.87. The normalized spacial score (nSPS) is 14.5. The topological polar surface area (TPSA) is 70.6 Å². The summed E-state index contributed by atoms with van der Waals surface area (Å²) in [5, 5.41) is 12.7. The van der Waals surface area contributed by atoms with Gasteiger partial charge in [-0.25, -0.2) is 4.99 Å². The smallest absolute Gasteiger partial charge is 0.189 e. The van der Waals surface area contributed by atoms with Crippen molar-refractivity contribution in [2.45, 2.75) is 39.0 Å². The van der Waals surface area contributed by atoms with Gasteiger partial charge in [-0.15, -0.1) is 0 Å². The molecule has 94 valence electrons. The van der Waals surface area contributed by atoms with E-state index in [0.717, 1.165) is 5.56 Å². The molecule has 0 aliphatic rings. The fraction of sp³-hybridized carbons (Fsp3) is 0.462. The molecular formula is C13H21N3O. The van der Waals surface area contributed by atoms with Crippen LogP contribution in [0, 0.1) is 0 Å². The van der Waals surface area contributed by atoms with Crippen molar-refractivity contribution in [2.24, 2.45) is 10.7 Å². The lowest BCUT2D eigenvalue weighted by Gasteiger charge is -2.27. The molecule has 0 fully saturated rings. The molecule has 4 heteroatoms. The van der Waals surface area contributed by atoms with Crippen LogP contribution in [0.15, 0.2) is 35.3 Å². The first kappa shape index (κ1) is 13.5. The van der Waals surface area contributed by atoms with Crippen molar-refractivity contribution >= 4 is 5.96 Å². The zero-order chi connectivity index (χ0) is 12.9. The van der Waals surface area contributed by atoms with Crippen molar-refractivity contribution in [3.8, 4) is 0 Å². The number of nitrogens with zero attached hydrogens (tertiary/aromatic N) is 1. The van der Waals surface area contributed by atoms with Gasteiger partial charge in [0.15, 0.2) is 5.96 Å². The highest BCUT2D eigenvalue weighted by molar-refractivity contribution is 5.78. The Kier molecular flexibility index (Phi) is 4.52. The molecule has 0 heterocycles. The van der Waals surface area contributed by atoms with Crippen LogP contribution in [0.4, 0.5) is 0 Å². The molecule has 17 heavy (non-hydrogen) atoms. The van der Waals surface area contributed by atoms with Crippen molar-refractivity contribution in [3.63, 3.8) is 0 Å². The largest absolute Gasteiger partial charge is 0.388 e. The second-order valence-corrected chi connectivity index (χ2v) is 4.71. The molecular weight excluding hydrogens is 214 g/mol. The highest BCUT2D eigenvalue weighted by Gasteiger charge is 2.22. The number of hydrogen-bond acceptors (Lipinski definition) is 2. The molecule has 4 nitrogen and oxygen atoms in total. The molecule has 4 N–H and O–H groups in total. The highest BCUT2D eigenvalue weighted by atomic mass is 16.3. The molecule has 0 radical (unpaired) electrons. The fourth-order valence-corrected chi connectivity index (χ4v) is 1.20. The quantitative estimate of drug-likeness (QED) is 0.543. The van der Waals surface area contributed by atoms with Crippen molar-refractivity contribution in [1.29, 1.82) is 0 Å². The SMILES string of the molecule is CC(NC(N)=NCc1ccccc1)C(C)(C)O. The van der Waals surface area contributed by atoms with Crippen LogP contribution in [-0.4, -0.2) is 22.7 Å². The van der Waals surface area contributed by atoms with E-state index in [1.807, 2.05) is 37.3 Å². The number of hydrogen-bond donors (Lipinski definition) is 3. The molecule has 0 bridgehead atoms. The van der Waals surface area contributed by atoms with Gasteiger partial charge in [-0.05, 0) is 26.3 Å². The molecule has 1 rings (SSSR count). The summed E-state index contributed by atoms with van der Waals surface area (Å²) < 4.78 is 0. The van der Waals surface area contributed by atoms with E-state index in [9.17, 15) is 5.11 Å². The fourth-order valence-electron chi connectivity index (χ4n) is 1.20. The van der Waals surface area contributed by atoms with Crippen molar-refractivity contribution in [2.75, 3.05) is 0 Å². The van der Waals surface area contributed by atoms with E-state index >= 15 is 0 Å². The Morgan fingerprint density at radius 1 is 1.41 bits per heavy atom. The van der Waals surface area contributed by atoms with Crippen LogP contribution in [-0.2, 0) is 6.54 Å². The summed E-state index contributed by atoms with van der Waals surface area (Å²) in [5.41, 5.74) is 6.03. The van der Waals surface area contributed by atoms with Gasteiger partial charge in [0.05, 0.1) is 18.2 Å². The Labute approximate surface area is 103 Å². The summed E-state index contributed by atoms with van der Waals surface area (Å²) in [5.74, 6) is 0.350. The lowest BCUT2D eigenvalue weighted by Crippen LogP contribution is -2.49. The average Bonchev–Trinajstić information content (AvgIpc) is 2.26. The van der Waals surface area contributed by atoms with Crippen LogP contribution in [0.1, 0.15) is 26.3 Å². The number of aliphatic imine (C=N–C) groups is 1. The minimum atomic E-state index is -0.827.